The lowest BCUT2D eigenvalue weighted by Gasteiger charge is -2.27. The number of nitrogens with one attached hydrogen (secondary N) is 1. The van der Waals surface area contributed by atoms with Gasteiger partial charge in [-0.25, -0.2) is 18.2 Å². The Hall–Kier alpha value is -1.68. The molecule has 1 aliphatic rings. The van der Waals surface area contributed by atoms with Crippen LogP contribution >= 0.6 is 11.3 Å². The SMILES string of the molecule is CC(=O)Nc1nnc(S(=O)(=O)N2CCC(N=C=O)CC2)s1. The Bertz CT molecular complexity index is 671. The van der Waals surface area contributed by atoms with Crippen LogP contribution in [0.1, 0.15) is 19.8 Å². The Morgan fingerprint density at radius 3 is 2.67 bits per heavy atom. The van der Waals surface area contributed by atoms with Crippen molar-refractivity contribution >= 4 is 38.5 Å². The molecular weight excluding hydrogens is 318 g/mol. The van der Waals surface area contributed by atoms with Gasteiger partial charge in [0, 0.05) is 20.0 Å². The Morgan fingerprint density at radius 2 is 2.10 bits per heavy atom. The molecule has 114 valence electrons. The fourth-order valence-corrected chi connectivity index (χ4v) is 4.47. The molecule has 0 radical (unpaired) electrons. The van der Waals surface area contributed by atoms with E-state index in [1.807, 2.05) is 0 Å². The van der Waals surface area contributed by atoms with Crippen LogP contribution in [-0.4, -0.2) is 54.0 Å². The summed E-state index contributed by atoms with van der Waals surface area (Å²) in [5.74, 6) is -0.345. The Kier molecular flexibility index (Phi) is 4.78. The number of hydrogen-bond donors (Lipinski definition) is 1. The van der Waals surface area contributed by atoms with Crippen LogP contribution in [0.3, 0.4) is 0 Å². The Balaban J connectivity index is 2.10. The van der Waals surface area contributed by atoms with E-state index >= 15 is 0 Å². The van der Waals surface area contributed by atoms with Gasteiger partial charge < -0.3 is 5.32 Å². The zero-order valence-electron chi connectivity index (χ0n) is 11.1. The van der Waals surface area contributed by atoms with Crippen LogP contribution in [0.5, 0.6) is 0 Å². The van der Waals surface area contributed by atoms with Gasteiger partial charge in [0.15, 0.2) is 0 Å². The monoisotopic (exact) mass is 331 g/mol. The lowest BCUT2D eigenvalue weighted by molar-refractivity contribution is -0.114. The van der Waals surface area contributed by atoms with E-state index in [4.69, 9.17) is 0 Å². The predicted octanol–water partition coefficient (Wildman–Crippen LogP) is -0.0146. The molecule has 1 aliphatic heterocycles. The van der Waals surface area contributed by atoms with Gasteiger partial charge >= 0.3 is 0 Å². The van der Waals surface area contributed by atoms with Gasteiger partial charge in [-0.15, -0.1) is 10.2 Å². The number of anilines is 1. The van der Waals surface area contributed by atoms with Crippen LogP contribution in [0.2, 0.25) is 0 Å². The summed E-state index contributed by atoms with van der Waals surface area (Å²) in [7, 11) is -3.73. The highest BCUT2D eigenvalue weighted by Crippen LogP contribution is 2.26. The first-order valence-electron chi connectivity index (χ1n) is 6.11. The average Bonchev–Trinajstić information content (AvgIpc) is 2.88. The number of aromatic nitrogens is 2. The number of isocyanates is 1. The molecule has 0 unspecified atom stereocenters. The molecule has 1 aromatic heterocycles. The fourth-order valence-electron chi connectivity index (χ4n) is 1.91. The molecule has 1 aromatic rings. The smallest absolute Gasteiger partial charge is 0.272 e. The molecule has 0 atom stereocenters. The lowest BCUT2D eigenvalue weighted by atomic mass is 10.1. The van der Waals surface area contributed by atoms with Crippen LogP contribution in [0.4, 0.5) is 5.13 Å². The first kappa shape index (κ1) is 15.7. The molecule has 1 fully saturated rings. The maximum atomic E-state index is 12.4. The standard InChI is InChI=1S/C10H13N5O4S2/c1-7(17)12-9-13-14-10(20-9)21(18,19)15-4-2-8(3-5-15)11-6-16/h8H,2-5H2,1H3,(H,12,13,17). The van der Waals surface area contributed by atoms with Crippen molar-refractivity contribution in [2.75, 3.05) is 18.4 Å². The number of nitrogens with zero attached hydrogens (tertiary/aromatic N) is 4. The predicted molar refractivity (Wildman–Crippen MR) is 74.1 cm³/mol. The summed E-state index contributed by atoms with van der Waals surface area (Å²) >= 11 is 0.803. The molecule has 1 amide bonds. The second-order valence-electron chi connectivity index (χ2n) is 4.41. The molecule has 1 N–H and O–H groups in total. The van der Waals surface area contributed by atoms with Gasteiger partial charge in [0.2, 0.25) is 21.5 Å². The Labute approximate surface area is 125 Å². The molecule has 0 aromatic carbocycles. The zero-order valence-corrected chi connectivity index (χ0v) is 12.8. The Morgan fingerprint density at radius 1 is 1.43 bits per heavy atom. The van der Waals surface area contributed by atoms with E-state index in [-0.39, 0.29) is 34.5 Å². The fraction of sp³-hybridized carbons (Fsp3) is 0.600. The third kappa shape index (κ3) is 3.70. The molecule has 9 nitrogen and oxygen atoms in total. The van der Waals surface area contributed by atoms with Crippen molar-refractivity contribution in [2.24, 2.45) is 4.99 Å². The second kappa shape index (κ2) is 6.39. The number of piperidine rings is 1. The molecule has 11 heteroatoms. The molecule has 0 saturated carbocycles. The summed E-state index contributed by atoms with van der Waals surface area (Å²) in [5, 5.41) is 9.76. The van der Waals surface area contributed by atoms with Gasteiger partial charge in [-0.1, -0.05) is 11.3 Å². The van der Waals surface area contributed by atoms with Gasteiger partial charge in [0.1, 0.15) is 0 Å². The highest BCUT2D eigenvalue weighted by molar-refractivity contribution is 7.91. The summed E-state index contributed by atoms with van der Waals surface area (Å²) in [5.41, 5.74) is 0. The molecule has 2 heterocycles. The largest absolute Gasteiger partial charge is 0.301 e. The maximum absolute atomic E-state index is 12.4. The van der Waals surface area contributed by atoms with Crippen molar-refractivity contribution in [1.82, 2.24) is 14.5 Å². The van der Waals surface area contributed by atoms with Crippen molar-refractivity contribution in [3.05, 3.63) is 0 Å². The van der Waals surface area contributed by atoms with Crippen LogP contribution < -0.4 is 5.32 Å². The number of amides is 1. The minimum absolute atomic E-state index is 0.140. The molecule has 0 bridgehead atoms. The molecule has 0 aliphatic carbocycles. The van der Waals surface area contributed by atoms with Crippen molar-refractivity contribution in [1.29, 1.82) is 0 Å². The topological polar surface area (TPSA) is 122 Å². The van der Waals surface area contributed by atoms with Gasteiger partial charge in [0.25, 0.3) is 10.0 Å². The van der Waals surface area contributed by atoms with Crippen LogP contribution in [0.25, 0.3) is 0 Å². The summed E-state index contributed by atoms with van der Waals surface area (Å²) < 4.78 is 25.8. The summed E-state index contributed by atoms with van der Waals surface area (Å²) in [6.45, 7) is 1.81. The van der Waals surface area contributed by atoms with Gasteiger partial charge in [0.05, 0.1) is 6.04 Å². The van der Waals surface area contributed by atoms with Crippen molar-refractivity contribution in [3.8, 4) is 0 Å². The first-order chi connectivity index (χ1) is 9.93. The minimum atomic E-state index is -3.73. The molecular formula is C10H13N5O4S2. The van der Waals surface area contributed by atoms with Crippen LogP contribution in [-0.2, 0) is 19.6 Å². The highest BCUT2D eigenvalue weighted by Gasteiger charge is 2.32. The number of sulfonamides is 1. The van der Waals surface area contributed by atoms with E-state index < -0.39 is 10.0 Å². The van der Waals surface area contributed by atoms with Crippen molar-refractivity contribution < 1.29 is 18.0 Å². The number of rotatable bonds is 4. The second-order valence-corrected chi connectivity index (χ2v) is 7.50. The summed E-state index contributed by atoms with van der Waals surface area (Å²) in [6, 6.07) is -0.182. The van der Waals surface area contributed by atoms with E-state index in [0.717, 1.165) is 11.3 Å². The molecule has 1 saturated heterocycles. The van der Waals surface area contributed by atoms with E-state index in [0.29, 0.717) is 12.8 Å². The number of hydrogen-bond acceptors (Lipinski definition) is 8. The van der Waals surface area contributed by atoms with E-state index in [1.54, 1.807) is 0 Å². The molecule has 21 heavy (non-hydrogen) atoms. The van der Waals surface area contributed by atoms with E-state index in [2.05, 4.69) is 20.5 Å². The molecule has 2 rings (SSSR count). The normalized spacial score (nSPS) is 17.2. The summed E-state index contributed by atoms with van der Waals surface area (Å²) in [4.78, 5) is 24.7. The van der Waals surface area contributed by atoms with Crippen molar-refractivity contribution in [2.45, 2.75) is 30.1 Å². The molecule has 0 spiro atoms. The van der Waals surface area contributed by atoms with Gasteiger partial charge in [-0.3, -0.25) is 4.79 Å². The van der Waals surface area contributed by atoms with Gasteiger partial charge in [-0.05, 0) is 12.8 Å². The highest BCUT2D eigenvalue weighted by atomic mass is 32.2. The number of aliphatic imine (C=N–C) groups is 1. The third-order valence-electron chi connectivity index (χ3n) is 2.91. The van der Waals surface area contributed by atoms with Gasteiger partial charge in [-0.2, -0.15) is 4.31 Å². The number of carbonyl (C=O) groups is 1. The van der Waals surface area contributed by atoms with Crippen LogP contribution in [0.15, 0.2) is 9.33 Å². The van der Waals surface area contributed by atoms with E-state index in [1.165, 1.54) is 17.3 Å². The summed E-state index contributed by atoms with van der Waals surface area (Å²) in [6.07, 6.45) is 2.42. The quantitative estimate of drug-likeness (QED) is 0.470. The average molecular weight is 331 g/mol. The lowest BCUT2D eigenvalue weighted by Crippen LogP contribution is -2.39. The zero-order chi connectivity index (χ0) is 15.5. The third-order valence-corrected chi connectivity index (χ3v) is 5.99. The van der Waals surface area contributed by atoms with Crippen molar-refractivity contribution in [3.63, 3.8) is 0 Å². The first-order valence-corrected chi connectivity index (χ1v) is 8.37. The van der Waals surface area contributed by atoms with E-state index in [9.17, 15) is 18.0 Å². The minimum Gasteiger partial charge on any atom is -0.301 e. The maximum Gasteiger partial charge on any atom is 0.272 e. The number of carbonyl (C=O) groups excluding carboxylic acids is 2. The van der Waals surface area contributed by atoms with Crippen LogP contribution in [0, 0.1) is 0 Å².